The van der Waals surface area contributed by atoms with Gasteiger partial charge in [0.1, 0.15) is 0 Å². The van der Waals surface area contributed by atoms with Crippen molar-refractivity contribution in [2.24, 2.45) is 0 Å². The molecule has 0 aromatic heterocycles. The molecule has 0 unspecified atom stereocenters. The van der Waals surface area contributed by atoms with Crippen LogP contribution < -0.4 is 0 Å². The standard InChI is InChI=1S/C10H12FNO3/c1-10(2,3)6-4-7(11)9(13)8(5-6)12(14)15/h4-5,13H,1-3H3. The third-order valence-electron chi connectivity index (χ3n) is 2.11. The lowest BCUT2D eigenvalue weighted by atomic mass is 9.86. The van der Waals surface area contributed by atoms with Gasteiger partial charge in [-0.15, -0.1) is 0 Å². The number of phenolic OH excluding ortho intramolecular Hbond substituents is 1. The first-order chi connectivity index (χ1) is 6.73. The van der Waals surface area contributed by atoms with Crippen molar-refractivity contribution >= 4 is 5.69 Å². The minimum atomic E-state index is -0.964. The molecule has 82 valence electrons. The van der Waals surface area contributed by atoms with Gasteiger partial charge in [0.15, 0.2) is 5.82 Å². The smallest absolute Gasteiger partial charge is 0.314 e. The molecule has 0 bridgehead atoms. The van der Waals surface area contributed by atoms with Crippen LogP contribution in [0.2, 0.25) is 0 Å². The van der Waals surface area contributed by atoms with Crippen LogP contribution in [0.3, 0.4) is 0 Å². The number of hydrogen-bond acceptors (Lipinski definition) is 3. The summed E-state index contributed by atoms with van der Waals surface area (Å²) in [4.78, 5) is 9.73. The third kappa shape index (κ3) is 2.23. The molecule has 1 N–H and O–H groups in total. The highest BCUT2D eigenvalue weighted by atomic mass is 19.1. The Labute approximate surface area is 86.5 Å². The number of rotatable bonds is 1. The molecule has 0 atom stereocenters. The van der Waals surface area contributed by atoms with Crippen molar-refractivity contribution in [1.29, 1.82) is 0 Å². The predicted octanol–water partition coefficient (Wildman–Crippen LogP) is 2.74. The Morgan fingerprint density at radius 1 is 1.40 bits per heavy atom. The van der Waals surface area contributed by atoms with Crippen molar-refractivity contribution in [1.82, 2.24) is 0 Å². The number of aromatic hydroxyl groups is 1. The molecule has 0 amide bonds. The highest BCUT2D eigenvalue weighted by Gasteiger charge is 2.24. The minimum absolute atomic E-state index is 0.403. The van der Waals surface area contributed by atoms with Gasteiger partial charge >= 0.3 is 5.69 Å². The number of nitrogens with zero attached hydrogens (tertiary/aromatic N) is 1. The molecule has 5 heteroatoms. The van der Waals surface area contributed by atoms with Crippen LogP contribution in [-0.2, 0) is 5.41 Å². The lowest BCUT2D eigenvalue weighted by molar-refractivity contribution is -0.386. The second-order valence-electron chi connectivity index (χ2n) is 4.33. The fourth-order valence-corrected chi connectivity index (χ4v) is 1.16. The van der Waals surface area contributed by atoms with Crippen molar-refractivity contribution in [3.63, 3.8) is 0 Å². The van der Waals surface area contributed by atoms with Crippen LogP contribution in [0.5, 0.6) is 5.75 Å². The van der Waals surface area contributed by atoms with E-state index in [1.54, 1.807) is 0 Å². The van der Waals surface area contributed by atoms with Crippen LogP contribution in [0.25, 0.3) is 0 Å². The summed E-state index contributed by atoms with van der Waals surface area (Å²) in [5.74, 6) is -1.87. The van der Waals surface area contributed by atoms with Crippen molar-refractivity contribution in [2.75, 3.05) is 0 Å². The quantitative estimate of drug-likeness (QED) is 0.576. The average molecular weight is 213 g/mol. The van der Waals surface area contributed by atoms with Gasteiger partial charge in [-0.3, -0.25) is 10.1 Å². The molecule has 0 radical (unpaired) electrons. The number of halogens is 1. The monoisotopic (exact) mass is 213 g/mol. The van der Waals surface area contributed by atoms with E-state index in [2.05, 4.69) is 0 Å². The molecule has 0 saturated carbocycles. The van der Waals surface area contributed by atoms with Gasteiger partial charge in [0.2, 0.25) is 5.75 Å². The molecule has 1 rings (SSSR count). The molecule has 15 heavy (non-hydrogen) atoms. The topological polar surface area (TPSA) is 63.4 Å². The lowest BCUT2D eigenvalue weighted by Gasteiger charge is -2.18. The number of nitro benzene ring substituents is 1. The summed E-state index contributed by atoms with van der Waals surface area (Å²) in [5, 5.41) is 19.7. The minimum Gasteiger partial charge on any atom is -0.500 e. The van der Waals surface area contributed by atoms with Gasteiger partial charge in [0, 0.05) is 6.07 Å². The van der Waals surface area contributed by atoms with E-state index in [-0.39, 0.29) is 0 Å². The zero-order valence-electron chi connectivity index (χ0n) is 8.74. The molecule has 1 aromatic carbocycles. The van der Waals surface area contributed by atoms with Crippen molar-refractivity contribution < 1.29 is 14.4 Å². The first-order valence-electron chi connectivity index (χ1n) is 4.41. The molecule has 1 aromatic rings. The Hall–Kier alpha value is -1.65. The van der Waals surface area contributed by atoms with E-state index >= 15 is 0 Å². The molecule has 0 heterocycles. The first-order valence-corrected chi connectivity index (χ1v) is 4.41. The van der Waals surface area contributed by atoms with E-state index in [1.807, 2.05) is 20.8 Å². The summed E-state index contributed by atoms with van der Waals surface area (Å²) in [6.45, 7) is 5.42. The van der Waals surface area contributed by atoms with E-state index in [9.17, 15) is 14.5 Å². The predicted molar refractivity (Wildman–Crippen MR) is 53.4 cm³/mol. The second-order valence-corrected chi connectivity index (χ2v) is 4.33. The Kier molecular flexibility index (Phi) is 2.66. The van der Waals surface area contributed by atoms with E-state index in [4.69, 9.17) is 5.11 Å². The second kappa shape index (κ2) is 3.49. The lowest BCUT2D eigenvalue weighted by Crippen LogP contribution is -2.12. The normalized spacial score (nSPS) is 11.5. The maximum Gasteiger partial charge on any atom is 0.314 e. The molecule has 0 aliphatic rings. The molecule has 0 spiro atoms. The van der Waals surface area contributed by atoms with Crippen molar-refractivity contribution in [3.05, 3.63) is 33.6 Å². The van der Waals surface area contributed by atoms with E-state index in [0.717, 1.165) is 6.07 Å². The van der Waals surface area contributed by atoms with Gasteiger partial charge in [-0.25, -0.2) is 4.39 Å². The fourth-order valence-electron chi connectivity index (χ4n) is 1.16. The Morgan fingerprint density at radius 2 is 1.93 bits per heavy atom. The highest BCUT2D eigenvalue weighted by Crippen LogP contribution is 2.34. The molecule has 0 aliphatic heterocycles. The number of hydrogen-bond donors (Lipinski definition) is 1. The van der Waals surface area contributed by atoms with Gasteiger partial charge in [-0.1, -0.05) is 20.8 Å². The number of phenols is 1. The SMILES string of the molecule is CC(C)(C)c1cc(F)c(O)c([N+](=O)[O-])c1. The molecule has 0 fully saturated rings. The Balaban J connectivity index is 3.43. The number of benzene rings is 1. The molecular weight excluding hydrogens is 201 g/mol. The largest absolute Gasteiger partial charge is 0.500 e. The third-order valence-corrected chi connectivity index (χ3v) is 2.11. The summed E-state index contributed by atoms with van der Waals surface area (Å²) in [5.41, 5.74) is -0.524. The summed E-state index contributed by atoms with van der Waals surface area (Å²) < 4.78 is 13.2. The van der Waals surface area contributed by atoms with Gasteiger partial charge in [-0.05, 0) is 17.0 Å². The molecule has 4 nitrogen and oxygen atoms in total. The summed E-state index contributed by atoms with van der Waals surface area (Å²) in [6.07, 6.45) is 0. The van der Waals surface area contributed by atoms with Crippen LogP contribution in [0.1, 0.15) is 26.3 Å². The van der Waals surface area contributed by atoms with E-state index in [1.165, 1.54) is 6.07 Å². The zero-order valence-corrected chi connectivity index (χ0v) is 8.74. The van der Waals surface area contributed by atoms with Crippen LogP contribution in [0.4, 0.5) is 10.1 Å². The molecular formula is C10H12FNO3. The van der Waals surface area contributed by atoms with Gasteiger partial charge in [0.25, 0.3) is 0 Å². The van der Waals surface area contributed by atoms with Crippen LogP contribution >= 0.6 is 0 Å². The first kappa shape index (κ1) is 11.4. The van der Waals surface area contributed by atoms with E-state index in [0.29, 0.717) is 5.56 Å². The average Bonchev–Trinajstić information content (AvgIpc) is 2.06. The molecule has 0 saturated heterocycles. The van der Waals surface area contributed by atoms with Gasteiger partial charge in [0.05, 0.1) is 4.92 Å². The Bertz CT molecular complexity index is 410. The van der Waals surface area contributed by atoms with Crippen LogP contribution in [0, 0.1) is 15.9 Å². The number of nitro groups is 1. The maximum absolute atomic E-state index is 13.2. The zero-order chi connectivity index (χ0) is 11.8. The maximum atomic E-state index is 13.2. The van der Waals surface area contributed by atoms with Crippen LogP contribution in [0.15, 0.2) is 12.1 Å². The highest BCUT2D eigenvalue weighted by molar-refractivity contribution is 5.50. The van der Waals surface area contributed by atoms with Crippen LogP contribution in [-0.4, -0.2) is 10.0 Å². The summed E-state index contributed by atoms with van der Waals surface area (Å²) in [7, 11) is 0. The molecule has 0 aliphatic carbocycles. The summed E-state index contributed by atoms with van der Waals surface area (Å²) in [6, 6.07) is 2.31. The van der Waals surface area contributed by atoms with Crippen molar-refractivity contribution in [3.8, 4) is 5.75 Å². The van der Waals surface area contributed by atoms with E-state index < -0.39 is 27.6 Å². The van der Waals surface area contributed by atoms with Gasteiger partial charge in [-0.2, -0.15) is 0 Å². The Morgan fingerprint density at radius 3 is 2.33 bits per heavy atom. The summed E-state index contributed by atoms with van der Waals surface area (Å²) >= 11 is 0. The fraction of sp³-hybridized carbons (Fsp3) is 0.400. The van der Waals surface area contributed by atoms with Gasteiger partial charge < -0.3 is 5.11 Å². The van der Waals surface area contributed by atoms with Crippen molar-refractivity contribution in [2.45, 2.75) is 26.2 Å².